The Balaban J connectivity index is 2.28. The summed E-state index contributed by atoms with van der Waals surface area (Å²) in [7, 11) is 1.49. The number of hydrogen-bond donors (Lipinski definition) is 0. The van der Waals surface area contributed by atoms with Gasteiger partial charge in [-0.3, -0.25) is 9.59 Å². The molecule has 0 bridgehead atoms. The van der Waals surface area contributed by atoms with Crippen LogP contribution < -0.4 is 4.74 Å². The zero-order valence-corrected chi connectivity index (χ0v) is 11.5. The Labute approximate surface area is 116 Å². The van der Waals surface area contributed by atoms with E-state index in [9.17, 15) is 9.59 Å². The molecule has 0 amide bonds. The third kappa shape index (κ3) is 1.61. The number of hydrogen-bond acceptors (Lipinski definition) is 4. The van der Waals surface area contributed by atoms with Crippen molar-refractivity contribution in [1.82, 2.24) is 0 Å². The van der Waals surface area contributed by atoms with Crippen LogP contribution in [0.15, 0.2) is 41.2 Å². The first kappa shape index (κ1) is 12.7. The summed E-state index contributed by atoms with van der Waals surface area (Å²) >= 11 is 0. The molecule has 1 atom stereocenters. The Kier molecular flexibility index (Phi) is 2.74. The molecular weight excluding hydrogens is 256 g/mol. The van der Waals surface area contributed by atoms with Crippen molar-refractivity contribution in [2.45, 2.75) is 20.0 Å². The van der Waals surface area contributed by atoms with Gasteiger partial charge in [-0.1, -0.05) is 12.1 Å². The summed E-state index contributed by atoms with van der Waals surface area (Å²) in [6.07, 6.45) is 1.21. The molecule has 1 unspecified atom stereocenters. The molecule has 3 rings (SSSR count). The van der Waals surface area contributed by atoms with Gasteiger partial charge in [-0.25, -0.2) is 0 Å². The van der Waals surface area contributed by atoms with Crippen LogP contribution in [0.5, 0.6) is 5.75 Å². The fourth-order valence-corrected chi connectivity index (χ4v) is 2.77. The van der Waals surface area contributed by atoms with Crippen molar-refractivity contribution in [3.05, 3.63) is 52.3 Å². The fourth-order valence-electron chi connectivity index (χ4n) is 2.77. The van der Waals surface area contributed by atoms with Gasteiger partial charge in [0.1, 0.15) is 11.9 Å². The molecule has 0 fully saturated rings. The molecule has 1 aliphatic carbocycles. The molecule has 1 heterocycles. The van der Waals surface area contributed by atoms with Gasteiger partial charge in [-0.05, 0) is 26.0 Å². The average molecular weight is 270 g/mol. The monoisotopic (exact) mass is 270 g/mol. The van der Waals surface area contributed by atoms with Crippen LogP contribution in [0.3, 0.4) is 0 Å². The molecule has 102 valence electrons. The molecule has 1 aromatic carbocycles. The molecule has 0 saturated carbocycles. The average Bonchev–Trinajstić information content (AvgIpc) is 2.43. The Bertz CT molecular complexity index is 694. The summed E-state index contributed by atoms with van der Waals surface area (Å²) in [5.41, 5.74) is 1.58. The van der Waals surface area contributed by atoms with E-state index < -0.39 is 6.10 Å². The summed E-state index contributed by atoms with van der Waals surface area (Å²) in [4.78, 5) is 25.3. The highest BCUT2D eigenvalue weighted by atomic mass is 16.5. The number of methoxy groups -OCH3 is 1. The number of rotatable bonds is 1. The molecule has 4 heteroatoms. The van der Waals surface area contributed by atoms with Gasteiger partial charge >= 0.3 is 0 Å². The predicted octanol–water partition coefficient (Wildman–Crippen LogP) is 2.69. The highest BCUT2D eigenvalue weighted by Gasteiger charge is 2.38. The summed E-state index contributed by atoms with van der Waals surface area (Å²) < 4.78 is 10.8. The number of benzene rings is 1. The van der Waals surface area contributed by atoms with Crippen LogP contribution in [0, 0.1) is 0 Å². The van der Waals surface area contributed by atoms with Crippen molar-refractivity contribution < 1.29 is 19.1 Å². The van der Waals surface area contributed by atoms with Crippen LogP contribution in [0.1, 0.15) is 34.6 Å². The Hall–Kier alpha value is -2.36. The number of fused-ring (bicyclic) bond motifs is 1. The van der Waals surface area contributed by atoms with E-state index in [1.165, 1.54) is 7.11 Å². The zero-order chi connectivity index (χ0) is 14.4. The topological polar surface area (TPSA) is 52.6 Å². The Morgan fingerprint density at radius 3 is 2.65 bits per heavy atom. The third-order valence-corrected chi connectivity index (χ3v) is 3.61. The lowest BCUT2D eigenvalue weighted by molar-refractivity contribution is 0.0902. The minimum atomic E-state index is -0.426. The van der Waals surface area contributed by atoms with Crippen molar-refractivity contribution in [2.24, 2.45) is 0 Å². The maximum atomic E-state index is 12.7. The Morgan fingerprint density at radius 1 is 1.20 bits per heavy atom. The van der Waals surface area contributed by atoms with E-state index in [0.717, 1.165) is 0 Å². The van der Waals surface area contributed by atoms with Crippen LogP contribution in [-0.4, -0.2) is 24.8 Å². The van der Waals surface area contributed by atoms with Crippen LogP contribution >= 0.6 is 0 Å². The predicted molar refractivity (Wildman–Crippen MR) is 73.0 cm³/mol. The summed E-state index contributed by atoms with van der Waals surface area (Å²) in [6.45, 7) is 3.55. The van der Waals surface area contributed by atoms with Gasteiger partial charge < -0.3 is 9.47 Å². The van der Waals surface area contributed by atoms with Gasteiger partial charge in [0.05, 0.1) is 24.0 Å². The normalized spacial score (nSPS) is 20.9. The van der Waals surface area contributed by atoms with E-state index in [4.69, 9.17) is 9.47 Å². The van der Waals surface area contributed by atoms with Crippen LogP contribution in [-0.2, 0) is 4.74 Å². The molecular formula is C16H14O4. The second-order valence-corrected chi connectivity index (χ2v) is 4.88. The van der Waals surface area contributed by atoms with Crippen molar-refractivity contribution in [1.29, 1.82) is 0 Å². The number of carbonyl (C=O) groups is 2. The molecule has 0 aromatic heterocycles. The van der Waals surface area contributed by atoms with Crippen LogP contribution in [0.25, 0.3) is 0 Å². The van der Waals surface area contributed by atoms with E-state index >= 15 is 0 Å². The summed E-state index contributed by atoms with van der Waals surface area (Å²) in [5.74, 6) is 0.723. The first-order valence-electron chi connectivity index (χ1n) is 6.40. The van der Waals surface area contributed by atoms with E-state index in [2.05, 4.69) is 0 Å². The SMILES string of the molecule is COc1cccc2c1C(=O)C1=C(C=C(C)OC1C)C2=O. The van der Waals surface area contributed by atoms with Gasteiger partial charge in [0.2, 0.25) is 0 Å². The van der Waals surface area contributed by atoms with Gasteiger partial charge in [0.15, 0.2) is 11.6 Å². The largest absolute Gasteiger partial charge is 0.496 e. The van der Waals surface area contributed by atoms with Gasteiger partial charge in [-0.2, -0.15) is 0 Å². The number of carbonyl (C=O) groups excluding carboxylic acids is 2. The van der Waals surface area contributed by atoms with Gasteiger partial charge in [0.25, 0.3) is 0 Å². The van der Waals surface area contributed by atoms with Crippen LogP contribution in [0.2, 0.25) is 0 Å². The fraction of sp³-hybridized carbons (Fsp3) is 0.250. The maximum Gasteiger partial charge on any atom is 0.197 e. The second-order valence-electron chi connectivity index (χ2n) is 4.88. The third-order valence-electron chi connectivity index (χ3n) is 3.61. The number of allylic oxidation sites excluding steroid dienone is 3. The molecule has 20 heavy (non-hydrogen) atoms. The summed E-state index contributed by atoms with van der Waals surface area (Å²) in [6, 6.07) is 5.06. The molecule has 2 aliphatic rings. The number of Topliss-reactive ketones (excluding diaryl/α,β-unsaturated/α-hetero) is 2. The van der Waals surface area contributed by atoms with E-state index in [0.29, 0.717) is 33.8 Å². The van der Waals surface area contributed by atoms with Crippen molar-refractivity contribution in [2.75, 3.05) is 7.11 Å². The number of ether oxygens (including phenoxy) is 2. The zero-order valence-electron chi connectivity index (χ0n) is 11.5. The van der Waals surface area contributed by atoms with E-state index in [1.807, 2.05) is 0 Å². The highest BCUT2D eigenvalue weighted by molar-refractivity contribution is 6.29. The molecule has 0 N–H and O–H groups in total. The summed E-state index contributed by atoms with van der Waals surface area (Å²) in [5, 5.41) is 0. The van der Waals surface area contributed by atoms with Crippen LogP contribution in [0.4, 0.5) is 0 Å². The second kappa shape index (κ2) is 4.34. The molecule has 0 spiro atoms. The molecule has 0 saturated heterocycles. The highest BCUT2D eigenvalue weighted by Crippen LogP contribution is 2.37. The lowest BCUT2D eigenvalue weighted by atomic mass is 9.80. The molecule has 1 aromatic rings. The minimum absolute atomic E-state index is 0.150. The lowest BCUT2D eigenvalue weighted by Crippen LogP contribution is -2.31. The first-order valence-corrected chi connectivity index (χ1v) is 6.40. The standard InChI is InChI=1S/C16H14O4/c1-8-7-11-13(9(2)20-8)16(18)14-10(15(11)17)5-4-6-12(14)19-3/h4-7,9H,1-3H3. The smallest absolute Gasteiger partial charge is 0.197 e. The molecule has 0 radical (unpaired) electrons. The van der Waals surface area contributed by atoms with Crippen molar-refractivity contribution in [3.63, 3.8) is 0 Å². The maximum absolute atomic E-state index is 12.7. The molecule has 4 nitrogen and oxygen atoms in total. The minimum Gasteiger partial charge on any atom is -0.496 e. The quantitative estimate of drug-likeness (QED) is 0.787. The van der Waals surface area contributed by atoms with E-state index in [-0.39, 0.29) is 11.6 Å². The van der Waals surface area contributed by atoms with E-state index in [1.54, 1.807) is 38.1 Å². The van der Waals surface area contributed by atoms with Crippen molar-refractivity contribution in [3.8, 4) is 5.75 Å². The lowest BCUT2D eigenvalue weighted by Gasteiger charge is -2.28. The van der Waals surface area contributed by atoms with Crippen molar-refractivity contribution >= 4 is 11.6 Å². The number of ketones is 2. The Morgan fingerprint density at radius 2 is 1.95 bits per heavy atom. The molecule has 1 aliphatic heterocycles. The van der Waals surface area contributed by atoms with Gasteiger partial charge in [-0.15, -0.1) is 0 Å². The first-order chi connectivity index (χ1) is 9.54. The van der Waals surface area contributed by atoms with Gasteiger partial charge in [0, 0.05) is 11.1 Å².